The normalized spacial score (nSPS) is 13.3. The van der Waals surface area contributed by atoms with Crippen LogP contribution >= 0.6 is 0 Å². The molecule has 0 saturated heterocycles. The van der Waals surface area contributed by atoms with E-state index in [1.807, 2.05) is 13.0 Å². The molecule has 2 aromatic rings. The zero-order valence-corrected chi connectivity index (χ0v) is 15.4. The van der Waals surface area contributed by atoms with Crippen LogP contribution < -0.4 is 4.74 Å². The topological polar surface area (TPSA) is 9.23 Å². The van der Waals surface area contributed by atoms with E-state index in [0.29, 0.717) is 30.0 Å². The molecule has 0 spiro atoms. The third-order valence-corrected chi connectivity index (χ3v) is 4.48. The van der Waals surface area contributed by atoms with Gasteiger partial charge in [0, 0.05) is 5.56 Å². The van der Waals surface area contributed by atoms with Gasteiger partial charge in [0.25, 0.3) is 0 Å². The van der Waals surface area contributed by atoms with Crippen LogP contribution in [0.2, 0.25) is 0 Å². The first-order chi connectivity index (χ1) is 13.7. The van der Waals surface area contributed by atoms with Crippen LogP contribution in [0.3, 0.4) is 0 Å². The second kappa shape index (κ2) is 8.24. The van der Waals surface area contributed by atoms with Crippen LogP contribution in [-0.2, 0) is 12.8 Å². The first-order valence-electron chi connectivity index (χ1n) is 8.93. The third kappa shape index (κ3) is 4.94. The highest BCUT2D eigenvalue weighted by molar-refractivity contribution is 5.50. The Morgan fingerprint density at radius 3 is 2.45 bits per heavy atom. The highest BCUT2D eigenvalue weighted by atomic mass is 19.4. The van der Waals surface area contributed by atoms with Crippen molar-refractivity contribution < 1.29 is 31.1 Å². The summed E-state index contributed by atoms with van der Waals surface area (Å²) in [6, 6.07) is 3.80. The lowest BCUT2D eigenvalue weighted by Crippen LogP contribution is -2.17. The molecule has 0 radical (unpaired) electrons. The number of fused-ring (bicyclic) bond motifs is 1. The number of hydrogen-bond acceptors (Lipinski definition) is 1. The lowest BCUT2D eigenvalue weighted by molar-refractivity contribution is -0.275. The molecule has 0 fully saturated rings. The number of rotatable bonds is 3. The molecule has 1 nitrogen and oxygen atoms in total. The van der Waals surface area contributed by atoms with Crippen LogP contribution in [0, 0.1) is 29.3 Å². The Morgan fingerprint density at radius 2 is 1.79 bits per heavy atom. The molecule has 0 aliphatic heterocycles. The van der Waals surface area contributed by atoms with E-state index < -0.39 is 35.1 Å². The molecule has 0 heterocycles. The Labute approximate surface area is 164 Å². The fourth-order valence-electron chi connectivity index (χ4n) is 3.20. The molecule has 0 N–H and O–H groups in total. The summed E-state index contributed by atoms with van der Waals surface area (Å²) >= 11 is 0. The van der Waals surface area contributed by atoms with Crippen LogP contribution in [-0.4, -0.2) is 6.36 Å². The summed E-state index contributed by atoms with van der Waals surface area (Å²) in [7, 11) is 0. The molecule has 0 unspecified atom stereocenters. The maximum Gasteiger partial charge on any atom is 0.573 e. The molecule has 29 heavy (non-hydrogen) atoms. The predicted octanol–water partition coefficient (Wildman–Crippen LogP) is 6.23. The predicted molar refractivity (Wildman–Crippen MR) is 95.8 cm³/mol. The molecule has 2 aromatic carbocycles. The number of alkyl halides is 3. The van der Waals surface area contributed by atoms with Gasteiger partial charge in [-0.05, 0) is 54.7 Å². The van der Waals surface area contributed by atoms with Gasteiger partial charge in [-0.1, -0.05) is 36.8 Å². The molecule has 0 saturated carbocycles. The molecule has 1 aliphatic rings. The molecule has 0 aromatic heterocycles. The van der Waals surface area contributed by atoms with Crippen molar-refractivity contribution in [3.63, 3.8) is 0 Å². The minimum Gasteiger partial charge on any atom is -0.403 e. The molecular formula is C22H16F6O. The standard InChI is InChI=1S/C22H16F6O/c1-2-3-13-4-7-16-15(10-13)12-18(23)17(21(16)25)8-5-14-6-9-20(19(24)11-14)29-22(26,27)28/h4,6,9,11-12H,2-3,7,10H2,1H3. The van der Waals surface area contributed by atoms with Gasteiger partial charge in [0.1, 0.15) is 11.6 Å². The maximum atomic E-state index is 14.8. The van der Waals surface area contributed by atoms with Crippen LogP contribution in [0.15, 0.2) is 35.9 Å². The fraction of sp³-hybridized carbons (Fsp3) is 0.273. The Bertz CT molecular complexity index is 1020. The molecular weight excluding hydrogens is 394 g/mol. The van der Waals surface area contributed by atoms with Crippen molar-refractivity contribution in [3.05, 3.63) is 75.6 Å². The molecule has 152 valence electrons. The summed E-state index contributed by atoms with van der Waals surface area (Å²) in [6.07, 6.45) is -0.475. The molecule has 0 bridgehead atoms. The van der Waals surface area contributed by atoms with E-state index in [9.17, 15) is 26.3 Å². The van der Waals surface area contributed by atoms with Crippen molar-refractivity contribution in [2.24, 2.45) is 0 Å². The third-order valence-electron chi connectivity index (χ3n) is 4.48. The van der Waals surface area contributed by atoms with Crippen molar-refractivity contribution in [2.45, 2.75) is 39.0 Å². The Balaban J connectivity index is 1.88. The first kappa shape index (κ1) is 20.8. The van der Waals surface area contributed by atoms with Gasteiger partial charge >= 0.3 is 6.36 Å². The minimum absolute atomic E-state index is 0.0429. The molecule has 7 heteroatoms. The van der Waals surface area contributed by atoms with Gasteiger partial charge in [0.15, 0.2) is 11.6 Å². The van der Waals surface area contributed by atoms with Gasteiger partial charge in [-0.3, -0.25) is 0 Å². The molecule has 0 amide bonds. The van der Waals surface area contributed by atoms with Crippen LogP contribution in [0.25, 0.3) is 0 Å². The van der Waals surface area contributed by atoms with Gasteiger partial charge < -0.3 is 4.74 Å². The van der Waals surface area contributed by atoms with Crippen molar-refractivity contribution in [2.75, 3.05) is 0 Å². The van der Waals surface area contributed by atoms with E-state index in [0.717, 1.165) is 30.5 Å². The zero-order chi connectivity index (χ0) is 21.2. The summed E-state index contributed by atoms with van der Waals surface area (Å²) in [5.41, 5.74) is 1.59. The van der Waals surface area contributed by atoms with E-state index in [2.05, 4.69) is 16.6 Å². The van der Waals surface area contributed by atoms with E-state index >= 15 is 0 Å². The van der Waals surface area contributed by atoms with Crippen LogP contribution in [0.4, 0.5) is 26.3 Å². The Kier molecular flexibility index (Phi) is 5.92. The fourth-order valence-corrected chi connectivity index (χ4v) is 3.20. The van der Waals surface area contributed by atoms with Crippen molar-refractivity contribution in [1.29, 1.82) is 0 Å². The summed E-state index contributed by atoms with van der Waals surface area (Å²) in [5.74, 6) is 0.826. The van der Waals surface area contributed by atoms with Gasteiger partial charge in [-0.25, -0.2) is 13.2 Å². The van der Waals surface area contributed by atoms with E-state index in [4.69, 9.17) is 0 Å². The Morgan fingerprint density at radius 1 is 1.03 bits per heavy atom. The van der Waals surface area contributed by atoms with Gasteiger partial charge in [0.2, 0.25) is 0 Å². The lowest BCUT2D eigenvalue weighted by atomic mass is 9.88. The first-order valence-corrected chi connectivity index (χ1v) is 8.93. The largest absolute Gasteiger partial charge is 0.573 e. The van der Waals surface area contributed by atoms with Crippen LogP contribution in [0.5, 0.6) is 5.75 Å². The van der Waals surface area contributed by atoms with E-state index in [1.165, 1.54) is 6.07 Å². The summed E-state index contributed by atoms with van der Waals surface area (Å²) < 4.78 is 83.0. The lowest BCUT2D eigenvalue weighted by Gasteiger charge is -2.18. The van der Waals surface area contributed by atoms with Crippen molar-refractivity contribution in [1.82, 2.24) is 0 Å². The van der Waals surface area contributed by atoms with Gasteiger partial charge in [0.05, 0.1) is 5.56 Å². The monoisotopic (exact) mass is 410 g/mol. The second-order valence-corrected chi connectivity index (χ2v) is 6.62. The second-order valence-electron chi connectivity index (χ2n) is 6.62. The Hall–Kier alpha value is -2.88. The maximum absolute atomic E-state index is 14.8. The number of ether oxygens (including phenoxy) is 1. The quantitative estimate of drug-likeness (QED) is 0.331. The van der Waals surface area contributed by atoms with E-state index in [1.54, 1.807) is 0 Å². The molecule has 3 rings (SSSR count). The molecule has 1 aliphatic carbocycles. The smallest absolute Gasteiger partial charge is 0.403 e. The van der Waals surface area contributed by atoms with Gasteiger partial charge in [-0.15, -0.1) is 13.2 Å². The van der Waals surface area contributed by atoms with Crippen LogP contribution in [0.1, 0.15) is 42.0 Å². The van der Waals surface area contributed by atoms with Crippen molar-refractivity contribution in [3.8, 4) is 17.6 Å². The number of halogens is 6. The van der Waals surface area contributed by atoms with E-state index in [-0.39, 0.29) is 5.56 Å². The zero-order valence-electron chi connectivity index (χ0n) is 15.4. The number of benzene rings is 2. The number of hydrogen-bond donors (Lipinski definition) is 0. The summed E-state index contributed by atoms with van der Waals surface area (Å²) in [4.78, 5) is 0. The highest BCUT2D eigenvalue weighted by Gasteiger charge is 2.32. The number of allylic oxidation sites excluding steroid dienone is 2. The SMILES string of the molecule is CCCC1=CCc2c(cc(F)c(C#Cc3ccc(OC(F)(F)F)c(F)c3)c2F)C1. The summed E-state index contributed by atoms with van der Waals surface area (Å²) in [6.45, 7) is 2.03. The summed E-state index contributed by atoms with van der Waals surface area (Å²) in [5, 5.41) is 0. The van der Waals surface area contributed by atoms with Crippen molar-refractivity contribution >= 4 is 0 Å². The average Bonchev–Trinajstić information content (AvgIpc) is 2.63. The minimum atomic E-state index is -5.03. The molecule has 0 atom stereocenters. The average molecular weight is 410 g/mol. The highest BCUT2D eigenvalue weighted by Crippen LogP contribution is 2.29. The van der Waals surface area contributed by atoms with Gasteiger partial charge in [-0.2, -0.15) is 0 Å².